The lowest BCUT2D eigenvalue weighted by Gasteiger charge is -2.23. The van der Waals surface area contributed by atoms with Gasteiger partial charge in [0.15, 0.2) is 0 Å². The van der Waals surface area contributed by atoms with Crippen molar-refractivity contribution < 1.29 is 14.7 Å². The number of thioether (sulfide) groups is 1. The van der Waals surface area contributed by atoms with Crippen LogP contribution in [0.3, 0.4) is 0 Å². The Balaban J connectivity index is 1.89. The summed E-state index contributed by atoms with van der Waals surface area (Å²) < 4.78 is 0.208. The fraction of sp³-hybridized carbons (Fsp3) is 0.105. The minimum Gasteiger partial charge on any atom is -0.480 e. The average Bonchev–Trinajstić information content (AvgIpc) is 2.90. The van der Waals surface area contributed by atoms with Crippen molar-refractivity contribution in [3.05, 3.63) is 74.6 Å². The summed E-state index contributed by atoms with van der Waals surface area (Å²) in [4.78, 5) is 26.2. The van der Waals surface area contributed by atoms with Gasteiger partial charge >= 0.3 is 5.97 Å². The molecule has 1 heterocycles. The van der Waals surface area contributed by atoms with Gasteiger partial charge < -0.3 is 5.11 Å². The smallest absolute Gasteiger partial charge is 0.327 e. The number of aliphatic carboxylic acids is 1. The molecule has 2 aromatic rings. The van der Waals surface area contributed by atoms with Gasteiger partial charge in [0.1, 0.15) is 10.4 Å². The standard InChI is InChI=1S/C19H13Cl2NO3S2/c20-13-7-6-12(14(21)10-13)9-16-17(23)22(19(26)27-16)15(18(24)25)8-11-4-2-1-3-5-11/h1-7,9-10,15H,8H2,(H,24,25)/b16-9-/t15-/m1/s1. The van der Waals surface area contributed by atoms with Crippen molar-refractivity contribution in [1.29, 1.82) is 0 Å². The molecule has 138 valence electrons. The van der Waals surface area contributed by atoms with Crippen LogP contribution in [-0.4, -0.2) is 32.2 Å². The normalized spacial score (nSPS) is 16.8. The second-order valence-electron chi connectivity index (χ2n) is 5.76. The van der Waals surface area contributed by atoms with Crippen LogP contribution in [0.5, 0.6) is 0 Å². The zero-order chi connectivity index (χ0) is 19.6. The fourth-order valence-corrected chi connectivity index (χ4v) is 4.45. The highest BCUT2D eigenvalue weighted by molar-refractivity contribution is 8.26. The molecule has 1 aliphatic rings. The number of nitrogens with zero attached hydrogens (tertiary/aromatic N) is 1. The van der Waals surface area contributed by atoms with E-state index in [1.807, 2.05) is 30.3 Å². The number of hydrogen-bond acceptors (Lipinski definition) is 4. The lowest BCUT2D eigenvalue weighted by atomic mass is 10.0. The van der Waals surface area contributed by atoms with Crippen LogP contribution in [-0.2, 0) is 16.0 Å². The molecule has 8 heteroatoms. The van der Waals surface area contributed by atoms with E-state index in [0.717, 1.165) is 22.2 Å². The van der Waals surface area contributed by atoms with Gasteiger partial charge in [-0.25, -0.2) is 4.79 Å². The molecule has 1 amide bonds. The van der Waals surface area contributed by atoms with Crippen molar-refractivity contribution in [2.75, 3.05) is 0 Å². The van der Waals surface area contributed by atoms with E-state index in [9.17, 15) is 14.7 Å². The Kier molecular flexibility index (Phi) is 6.22. The highest BCUT2D eigenvalue weighted by atomic mass is 35.5. The molecule has 3 rings (SSSR count). The van der Waals surface area contributed by atoms with Gasteiger partial charge in [0.25, 0.3) is 5.91 Å². The molecule has 1 aliphatic heterocycles. The summed E-state index contributed by atoms with van der Waals surface area (Å²) in [7, 11) is 0. The number of carboxylic acids is 1. The maximum atomic E-state index is 12.9. The minimum atomic E-state index is -1.11. The molecule has 1 N–H and O–H groups in total. The predicted molar refractivity (Wildman–Crippen MR) is 113 cm³/mol. The summed E-state index contributed by atoms with van der Waals surface area (Å²) in [5, 5.41) is 10.5. The number of thiocarbonyl (C=S) groups is 1. The molecule has 1 saturated heterocycles. The number of hydrogen-bond donors (Lipinski definition) is 1. The maximum absolute atomic E-state index is 12.9. The number of carbonyl (C=O) groups excluding carboxylic acids is 1. The van der Waals surface area contributed by atoms with Gasteiger partial charge in [-0.05, 0) is 29.3 Å². The van der Waals surface area contributed by atoms with Crippen molar-refractivity contribution in [2.45, 2.75) is 12.5 Å². The van der Waals surface area contributed by atoms with E-state index in [0.29, 0.717) is 20.5 Å². The summed E-state index contributed by atoms with van der Waals surface area (Å²) >= 11 is 18.4. The molecule has 1 atom stereocenters. The molecule has 27 heavy (non-hydrogen) atoms. The van der Waals surface area contributed by atoms with Crippen molar-refractivity contribution in [2.24, 2.45) is 0 Å². The highest BCUT2D eigenvalue weighted by Gasteiger charge is 2.40. The average molecular weight is 438 g/mol. The Morgan fingerprint density at radius 2 is 1.93 bits per heavy atom. The van der Waals surface area contributed by atoms with Gasteiger partial charge in [-0.3, -0.25) is 9.69 Å². The van der Waals surface area contributed by atoms with Crippen LogP contribution in [0.1, 0.15) is 11.1 Å². The summed E-state index contributed by atoms with van der Waals surface area (Å²) in [5.41, 5.74) is 1.42. The van der Waals surface area contributed by atoms with E-state index in [-0.39, 0.29) is 10.7 Å². The molecule has 4 nitrogen and oxygen atoms in total. The Morgan fingerprint density at radius 3 is 2.56 bits per heavy atom. The van der Waals surface area contributed by atoms with Gasteiger partial charge in [-0.2, -0.15) is 0 Å². The zero-order valence-electron chi connectivity index (χ0n) is 13.8. The first-order valence-corrected chi connectivity index (χ1v) is 9.83. The van der Waals surface area contributed by atoms with Gasteiger partial charge in [0, 0.05) is 16.5 Å². The van der Waals surface area contributed by atoms with Crippen molar-refractivity contribution in [1.82, 2.24) is 4.90 Å². The third-order valence-electron chi connectivity index (χ3n) is 3.94. The monoisotopic (exact) mass is 437 g/mol. The lowest BCUT2D eigenvalue weighted by Crippen LogP contribution is -2.45. The van der Waals surface area contributed by atoms with Crippen LogP contribution in [0.4, 0.5) is 0 Å². The van der Waals surface area contributed by atoms with Crippen molar-refractivity contribution in [3.63, 3.8) is 0 Å². The number of halogens is 2. The topological polar surface area (TPSA) is 57.6 Å². The second kappa shape index (κ2) is 8.44. The molecular formula is C19H13Cl2NO3S2. The second-order valence-corrected chi connectivity index (χ2v) is 8.28. The Hall–Kier alpha value is -1.86. The number of amides is 1. The van der Waals surface area contributed by atoms with Gasteiger partial charge in [-0.1, -0.05) is 83.6 Å². The first-order valence-electron chi connectivity index (χ1n) is 7.85. The molecule has 0 radical (unpaired) electrons. The van der Waals surface area contributed by atoms with E-state index in [1.54, 1.807) is 24.3 Å². The lowest BCUT2D eigenvalue weighted by molar-refractivity contribution is -0.145. The fourth-order valence-electron chi connectivity index (χ4n) is 2.63. The van der Waals surface area contributed by atoms with E-state index >= 15 is 0 Å². The highest BCUT2D eigenvalue weighted by Crippen LogP contribution is 2.36. The van der Waals surface area contributed by atoms with Crippen LogP contribution in [0.25, 0.3) is 6.08 Å². The minimum absolute atomic E-state index is 0.164. The van der Waals surface area contributed by atoms with Crippen LogP contribution >= 0.6 is 47.2 Å². The predicted octanol–water partition coefficient (Wildman–Crippen LogP) is 4.89. The zero-order valence-corrected chi connectivity index (χ0v) is 16.9. The molecule has 0 aromatic heterocycles. The molecular weight excluding hydrogens is 425 g/mol. The summed E-state index contributed by atoms with van der Waals surface area (Å²) in [5.74, 6) is -1.56. The van der Waals surface area contributed by atoms with Crippen LogP contribution in [0, 0.1) is 0 Å². The Bertz CT molecular complexity index is 947. The summed E-state index contributed by atoms with van der Waals surface area (Å²) in [6.07, 6.45) is 1.76. The van der Waals surface area contributed by atoms with E-state index in [2.05, 4.69) is 0 Å². The molecule has 2 aromatic carbocycles. The van der Waals surface area contributed by atoms with Gasteiger partial charge in [0.2, 0.25) is 0 Å². The third kappa shape index (κ3) is 4.52. The summed E-state index contributed by atoms with van der Waals surface area (Å²) in [6, 6.07) is 13.0. The molecule has 0 spiro atoms. The number of rotatable bonds is 5. The van der Waals surface area contributed by atoms with Crippen molar-refractivity contribution >= 4 is 69.5 Å². The van der Waals surface area contributed by atoms with E-state index < -0.39 is 17.9 Å². The molecule has 0 saturated carbocycles. The SMILES string of the molecule is O=C(O)[C@@H](Cc1ccccc1)N1C(=O)/C(=C/c2ccc(Cl)cc2Cl)SC1=S. The molecule has 0 aliphatic carbocycles. The maximum Gasteiger partial charge on any atom is 0.327 e. The number of carbonyl (C=O) groups is 2. The first-order chi connectivity index (χ1) is 12.9. The molecule has 1 fully saturated rings. The quantitative estimate of drug-likeness (QED) is 0.532. The Labute approximate surface area is 175 Å². The van der Waals surface area contributed by atoms with Crippen LogP contribution in [0.15, 0.2) is 53.4 Å². The first kappa shape index (κ1) is 19.9. The summed E-state index contributed by atoms with van der Waals surface area (Å²) in [6.45, 7) is 0. The van der Waals surface area contributed by atoms with E-state index in [1.165, 1.54) is 0 Å². The third-order valence-corrected chi connectivity index (χ3v) is 5.83. The molecule has 0 bridgehead atoms. The largest absolute Gasteiger partial charge is 0.480 e. The van der Waals surface area contributed by atoms with Gasteiger partial charge in [0.05, 0.1) is 4.91 Å². The Morgan fingerprint density at radius 1 is 1.22 bits per heavy atom. The van der Waals surface area contributed by atoms with Gasteiger partial charge in [-0.15, -0.1) is 0 Å². The number of carboxylic acid groups (broad SMARTS) is 1. The number of benzene rings is 2. The van der Waals surface area contributed by atoms with Crippen LogP contribution < -0.4 is 0 Å². The molecule has 0 unspecified atom stereocenters. The van der Waals surface area contributed by atoms with Crippen LogP contribution in [0.2, 0.25) is 10.0 Å². The van der Waals surface area contributed by atoms with E-state index in [4.69, 9.17) is 35.4 Å². The van der Waals surface area contributed by atoms with Crippen molar-refractivity contribution in [3.8, 4) is 0 Å².